The Labute approximate surface area is 103 Å². The molecule has 1 rings (SSSR count). The molecule has 0 saturated heterocycles. The highest BCUT2D eigenvalue weighted by Crippen LogP contribution is 2.35. The largest absolute Gasteiger partial charge is 0.487 e. The Morgan fingerprint density at radius 2 is 2.12 bits per heavy atom. The summed E-state index contributed by atoms with van der Waals surface area (Å²) >= 11 is 0. The zero-order valence-electron chi connectivity index (χ0n) is 8.92. The van der Waals surface area contributed by atoms with Crippen molar-refractivity contribution in [3.8, 4) is 5.75 Å². The third kappa shape index (κ3) is 3.31. The van der Waals surface area contributed by atoms with Gasteiger partial charge in [0.15, 0.2) is 10.6 Å². The zero-order chi connectivity index (χ0) is 13.1. The number of ether oxygens (including phenoxy) is 1. The van der Waals surface area contributed by atoms with Crippen LogP contribution in [-0.4, -0.2) is 19.9 Å². The fraction of sp³-hybridized carbons (Fsp3) is 0.333. The second kappa shape index (κ2) is 5.33. The molecule has 0 unspecified atom stereocenters. The molecule has 1 aromatic rings. The first-order chi connectivity index (χ1) is 7.88. The lowest BCUT2D eigenvalue weighted by molar-refractivity contribution is -0.388. The van der Waals surface area contributed by atoms with Gasteiger partial charge in [0.05, 0.1) is 11.5 Å². The van der Waals surface area contributed by atoms with Crippen molar-refractivity contribution >= 4 is 25.4 Å². The Kier molecular flexibility index (Phi) is 4.30. The minimum atomic E-state index is -4.18. The van der Waals surface area contributed by atoms with E-state index in [2.05, 4.69) is 0 Å². The van der Waals surface area contributed by atoms with Gasteiger partial charge in [-0.05, 0) is 18.6 Å². The number of nitro benzene ring substituents is 1. The van der Waals surface area contributed by atoms with Gasteiger partial charge in [-0.3, -0.25) is 10.1 Å². The molecule has 0 aliphatic heterocycles. The van der Waals surface area contributed by atoms with Gasteiger partial charge >= 0.3 is 5.69 Å². The van der Waals surface area contributed by atoms with Crippen LogP contribution in [0.2, 0.25) is 0 Å². The number of para-hydroxylation sites is 1. The summed E-state index contributed by atoms with van der Waals surface area (Å²) in [6.45, 7) is 2.08. The minimum absolute atomic E-state index is 0.0985. The van der Waals surface area contributed by atoms with E-state index in [1.807, 2.05) is 6.92 Å². The van der Waals surface area contributed by atoms with Crippen LogP contribution in [0.5, 0.6) is 5.75 Å². The normalized spacial score (nSPS) is 11.2. The van der Waals surface area contributed by atoms with E-state index in [0.29, 0.717) is 6.42 Å². The highest BCUT2D eigenvalue weighted by atomic mass is 35.7. The van der Waals surface area contributed by atoms with Crippen molar-refractivity contribution < 1.29 is 18.1 Å². The lowest BCUT2D eigenvalue weighted by Gasteiger charge is -2.07. The summed E-state index contributed by atoms with van der Waals surface area (Å²) in [5, 5.41) is 10.9. The summed E-state index contributed by atoms with van der Waals surface area (Å²) in [5.74, 6) is -0.0985. The Morgan fingerprint density at radius 1 is 1.47 bits per heavy atom. The van der Waals surface area contributed by atoms with Crippen LogP contribution in [0.15, 0.2) is 23.1 Å². The van der Waals surface area contributed by atoms with Crippen molar-refractivity contribution in [3.05, 3.63) is 28.3 Å². The van der Waals surface area contributed by atoms with Gasteiger partial charge in [-0.2, -0.15) is 0 Å². The molecule has 8 heteroatoms. The van der Waals surface area contributed by atoms with Gasteiger partial charge in [0.1, 0.15) is 0 Å². The fourth-order valence-electron chi connectivity index (χ4n) is 1.21. The van der Waals surface area contributed by atoms with E-state index in [0.717, 1.165) is 6.07 Å². The molecule has 0 heterocycles. The molecule has 0 aromatic heterocycles. The molecule has 0 aliphatic carbocycles. The number of nitro groups is 1. The molecule has 0 aliphatic rings. The van der Waals surface area contributed by atoms with E-state index in [1.165, 1.54) is 12.1 Å². The van der Waals surface area contributed by atoms with Gasteiger partial charge < -0.3 is 4.74 Å². The smallest absolute Gasteiger partial charge is 0.330 e. The summed E-state index contributed by atoms with van der Waals surface area (Å²) in [7, 11) is 0.951. The highest BCUT2D eigenvalue weighted by Gasteiger charge is 2.28. The molecule has 1 aromatic carbocycles. The second-order valence-electron chi connectivity index (χ2n) is 3.15. The molecule has 0 saturated carbocycles. The first kappa shape index (κ1) is 13.7. The second-order valence-corrected chi connectivity index (χ2v) is 5.68. The molecule has 0 atom stereocenters. The van der Waals surface area contributed by atoms with E-state index in [-0.39, 0.29) is 12.4 Å². The van der Waals surface area contributed by atoms with Gasteiger partial charge in [0.2, 0.25) is 0 Å². The summed E-state index contributed by atoms with van der Waals surface area (Å²) < 4.78 is 27.5. The van der Waals surface area contributed by atoms with Crippen LogP contribution >= 0.6 is 10.7 Å². The van der Waals surface area contributed by atoms with Gasteiger partial charge in [-0.1, -0.05) is 13.0 Å². The number of rotatable bonds is 5. The molecular weight excluding hydrogens is 270 g/mol. The van der Waals surface area contributed by atoms with Gasteiger partial charge in [-0.15, -0.1) is 0 Å². The Balaban J connectivity index is 3.38. The first-order valence-electron chi connectivity index (χ1n) is 4.72. The molecule has 0 bridgehead atoms. The van der Waals surface area contributed by atoms with Crippen LogP contribution in [0.25, 0.3) is 0 Å². The fourth-order valence-corrected chi connectivity index (χ4v) is 2.23. The standard InChI is InChI=1S/C9H10ClNO5S/c1-2-6-16-7-4-3-5-8(17(10,14)15)9(7)11(12)13/h3-5H,2,6H2,1H3. The number of hydrogen-bond donors (Lipinski definition) is 0. The Bertz CT molecular complexity index is 528. The van der Waals surface area contributed by atoms with Crippen molar-refractivity contribution in [2.45, 2.75) is 18.2 Å². The van der Waals surface area contributed by atoms with Crippen molar-refractivity contribution in [2.75, 3.05) is 6.61 Å². The molecule has 0 radical (unpaired) electrons. The molecule has 0 spiro atoms. The molecule has 17 heavy (non-hydrogen) atoms. The molecular formula is C9H10ClNO5S. The monoisotopic (exact) mass is 279 g/mol. The quantitative estimate of drug-likeness (QED) is 0.469. The maximum Gasteiger partial charge on any atom is 0.330 e. The van der Waals surface area contributed by atoms with Crippen LogP contribution < -0.4 is 4.74 Å². The van der Waals surface area contributed by atoms with Gasteiger partial charge in [-0.25, -0.2) is 8.42 Å². The Morgan fingerprint density at radius 3 is 2.59 bits per heavy atom. The lowest BCUT2D eigenvalue weighted by Crippen LogP contribution is -2.04. The van der Waals surface area contributed by atoms with Crippen LogP contribution in [0.1, 0.15) is 13.3 Å². The van der Waals surface area contributed by atoms with Crippen molar-refractivity contribution in [1.29, 1.82) is 0 Å². The van der Waals surface area contributed by atoms with E-state index in [1.54, 1.807) is 0 Å². The van der Waals surface area contributed by atoms with E-state index >= 15 is 0 Å². The number of halogens is 1. The number of benzene rings is 1. The number of hydrogen-bond acceptors (Lipinski definition) is 5. The summed E-state index contributed by atoms with van der Waals surface area (Å²) in [4.78, 5) is 9.48. The molecule has 6 nitrogen and oxygen atoms in total. The lowest BCUT2D eigenvalue weighted by atomic mass is 10.3. The number of nitrogens with zero attached hydrogens (tertiary/aromatic N) is 1. The van der Waals surface area contributed by atoms with Crippen molar-refractivity contribution in [3.63, 3.8) is 0 Å². The highest BCUT2D eigenvalue weighted by molar-refractivity contribution is 8.13. The minimum Gasteiger partial charge on any atom is -0.487 e. The zero-order valence-corrected chi connectivity index (χ0v) is 10.5. The average Bonchev–Trinajstić information content (AvgIpc) is 2.24. The maximum atomic E-state index is 11.2. The van der Waals surface area contributed by atoms with E-state index in [4.69, 9.17) is 15.4 Å². The van der Waals surface area contributed by atoms with Gasteiger partial charge in [0.25, 0.3) is 9.05 Å². The molecule has 94 valence electrons. The van der Waals surface area contributed by atoms with Crippen LogP contribution in [0, 0.1) is 10.1 Å². The average molecular weight is 280 g/mol. The molecule has 0 fully saturated rings. The third-order valence-corrected chi connectivity index (χ3v) is 3.22. The predicted molar refractivity (Wildman–Crippen MR) is 61.9 cm³/mol. The van der Waals surface area contributed by atoms with Crippen molar-refractivity contribution in [2.24, 2.45) is 0 Å². The summed E-state index contributed by atoms with van der Waals surface area (Å²) in [5.41, 5.74) is -0.629. The molecule has 0 amide bonds. The van der Waals surface area contributed by atoms with Crippen LogP contribution in [0.4, 0.5) is 5.69 Å². The van der Waals surface area contributed by atoms with Crippen LogP contribution in [0.3, 0.4) is 0 Å². The maximum absolute atomic E-state index is 11.2. The Hall–Kier alpha value is -1.34. The van der Waals surface area contributed by atoms with Crippen LogP contribution in [-0.2, 0) is 9.05 Å². The van der Waals surface area contributed by atoms with Crippen molar-refractivity contribution in [1.82, 2.24) is 0 Å². The van der Waals surface area contributed by atoms with E-state index in [9.17, 15) is 18.5 Å². The predicted octanol–water partition coefficient (Wildman–Crippen LogP) is 2.31. The van der Waals surface area contributed by atoms with E-state index < -0.39 is 24.6 Å². The third-order valence-electron chi connectivity index (χ3n) is 1.87. The molecule has 0 N–H and O–H groups in total. The summed E-state index contributed by atoms with van der Waals surface area (Å²) in [6, 6.07) is 3.74. The SMILES string of the molecule is CCCOc1cccc(S(=O)(=O)Cl)c1[N+](=O)[O-]. The first-order valence-corrected chi connectivity index (χ1v) is 7.03. The topological polar surface area (TPSA) is 86.5 Å². The van der Waals surface area contributed by atoms with Gasteiger partial charge in [0, 0.05) is 10.7 Å². The summed E-state index contributed by atoms with van der Waals surface area (Å²) in [6.07, 6.45) is 0.648.